The quantitative estimate of drug-likeness (QED) is 0.351. The fourth-order valence-corrected chi connectivity index (χ4v) is 5.63. The molecule has 0 bridgehead atoms. The van der Waals surface area contributed by atoms with E-state index in [-0.39, 0.29) is 36.7 Å². The van der Waals surface area contributed by atoms with Gasteiger partial charge >= 0.3 is 12.1 Å². The van der Waals surface area contributed by atoms with Crippen LogP contribution in [0.2, 0.25) is 0 Å². The number of carbonyl (C=O) groups is 2. The minimum Gasteiger partial charge on any atom is -0.465 e. The second-order valence-corrected chi connectivity index (χ2v) is 10.6. The number of hydrogen-bond acceptors (Lipinski definition) is 4. The second-order valence-electron chi connectivity index (χ2n) is 10.6. The highest BCUT2D eigenvalue weighted by atomic mass is 19.2. The second kappa shape index (κ2) is 14.6. The van der Waals surface area contributed by atoms with Crippen LogP contribution >= 0.6 is 0 Å². The third kappa shape index (κ3) is 8.49. The third-order valence-corrected chi connectivity index (χ3v) is 7.68. The molecule has 3 amide bonds. The Morgan fingerprint density at radius 3 is 2.45 bits per heavy atom. The van der Waals surface area contributed by atoms with Crippen molar-refractivity contribution in [3.05, 3.63) is 35.1 Å². The molecule has 1 saturated heterocycles. The summed E-state index contributed by atoms with van der Waals surface area (Å²) < 4.78 is 47.8. The molecule has 0 aromatic heterocycles. The molecule has 1 aliphatic heterocycles. The van der Waals surface area contributed by atoms with Gasteiger partial charge in [0, 0.05) is 45.2 Å². The maximum atomic E-state index is 14.1. The summed E-state index contributed by atoms with van der Waals surface area (Å²) in [5.41, 5.74) is 0.122. The number of carbonyl (C=O) groups excluding carboxylic acids is 1. The number of rotatable bonds is 11. The van der Waals surface area contributed by atoms with E-state index in [1.54, 1.807) is 4.90 Å². The molecule has 2 fully saturated rings. The lowest BCUT2D eigenvalue weighted by Gasteiger charge is -2.38. The van der Waals surface area contributed by atoms with Crippen LogP contribution in [0.3, 0.4) is 0 Å². The Morgan fingerprint density at radius 1 is 1.13 bits per heavy atom. The fraction of sp³-hybridized carbons (Fsp3) is 0.704. The summed E-state index contributed by atoms with van der Waals surface area (Å²) in [6, 6.07) is 1.63. The summed E-state index contributed by atoms with van der Waals surface area (Å²) in [5, 5.41) is 15.4. The monoisotopic (exact) mass is 542 g/mol. The van der Waals surface area contributed by atoms with Gasteiger partial charge in [0.25, 0.3) is 0 Å². The topological polar surface area (TPSA) is 94.1 Å². The van der Waals surface area contributed by atoms with Crippen LogP contribution in [0.25, 0.3) is 0 Å². The third-order valence-electron chi connectivity index (χ3n) is 7.68. The largest absolute Gasteiger partial charge is 0.465 e. The van der Waals surface area contributed by atoms with Crippen LogP contribution in [0, 0.1) is 29.3 Å². The number of likely N-dealkylation sites (N-methyl/N-ethyl adjacent to an activating group) is 2. The number of amides is 3. The Labute approximate surface area is 222 Å². The van der Waals surface area contributed by atoms with Gasteiger partial charge in [-0.3, -0.25) is 0 Å². The Kier molecular flexibility index (Phi) is 11.5. The van der Waals surface area contributed by atoms with Crippen LogP contribution in [0.1, 0.15) is 63.0 Å². The van der Waals surface area contributed by atoms with Gasteiger partial charge in [-0.25, -0.2) is 22.8 Å². The van der Waals surface area contributed by atoms with Crippen molar-refractivity contribution in [2.75, 3.05) is 46.9 Å². The molecule has 3 rings (SSSR count). The maximum absolute atomic E-state index is 14.1. The van der Waals surface area contributed by atoms with E-state index in [2.05, 4.69) is 10.6 Å². The number of nitrogens with zero attached hydrogens (tertiary/aromatic N) is 2. The Hall–Kier alpha value is -2.53. The molecule has 3 N–H and O–H groups in total. The lowest BCUT2D eigenvalue weighted by Crippen LogP contribution is -2.52. The minimum absolute atomic E-state index is 0.00475. The number of benzene rings is 1. The molecule has 0 radical (unpaired) electrons. The number of piperidine rings is 1. The molecule has 1 aromatic rings. The predicted octanol–water partition coefficient (Wildman–Crippen LogP) is 4.75. The van der Waals surface area contributed by atoms with Crippen molar-refractivity contribution in [1.29, 1.82) is 0 Å². The highest BCUT2D eigenvalue weighted by molar-refractivity contribution is 5.74. The molecule has 3 atom stereocenters. The first-order valence-electron chi connectivity index (χ1n) is 13.6. The molecule has 1 heterocycles. The smallest absolute Gasteiger partial charge is 0.407 e. The van der Waals surface area contributed by atoms with E-state index >= 15 is 0 Å². The van der Waals surface area contributed by atoms with E-state index < -0.39 is 29.6 Å². The highest BCUT2D eigenvalue weighted by Gasteiger charge is 2.33. The average Bonchev–Trinajstić information content (AvgIpc) is 2.90. The van der Waals surface area contributed by atoms with Crippen LogP contribution < -0.4 is 10.6 Å². The molecule has 1 aromatic carbocycles. The van der Waals surface area contributed by atoms with E-state index in [1.165, 1.54) is 39.2 Å². The first kappa shape index (κ1) is 30.0. The molecule has 1 aliphatic carbocycles. The van der Waals surface area contributed by atoms with Crippen LogP contribution in [0.5, 0.6) is 0 Å². The molecule has 11 heteroatoms. The van der Waals surface area contributed by atoms with Crippen molar-refractivity contribution in [2.45, 2.75) is 63.5 Å². The van der Waals surface area contributed by atoms with Gasteiger partial charge < -0.3 is 30.3 Å². The average molecular weight is 543 g/mol. The Morgan fingerprint density at radius 2 is 1.82 bits per heavy atom. The molecule has 0 spiro atoms. The molecule has 8 nitrogen and oxygen atoms in total. The van der Waals surface area contributed by atoms with E-state index in [4.69, 9.17) is 9.84 Å². The van der Waals surface area contributed by atoms with Crippen molar-refractivity contribution >= 4 is 12.1 Å². The summed E-state index contributed by atoms with van der Waals surface area (Å²) in [5.74, 6) is -3.91. The molecular formula is C27H41F3N4O4. The summed E-state index contributed by atoms with van der Waals surface area (Å²) in [6.07, 6.45) is 6.34. The lowest BCUT2D eigenvalue weighted by molar-refractivity contribution is -0.0159. The van der Waals surface area contributed by atoms with Gasteiger partial charge in [0.05, 0.1) is 12.7 Å². The first-order chi connectivity index (χ1) is 18.2. The summed E-state index contributed by atoms with van der Waals surface area (Å²) in [7, 11) is 3.25. The summed E-state index contributed by atoms with van der Waals surface area (Å²) >= 11 is 0. The van der Waals surface area contributed by atoms with Gasteiger partial charge in [-0.1, -0.05) is 32.1 Å². The van der Waals surface area contributed by atoms with Gasteiger partial charge in [0.2, 0.25) is 0 Å². The predicted molar refractivity (Wildman–Crippen MR) is 137 cm³/mol. The lowest BCUT2D eigenvalue weighted by atomic mass is 9.85. The van der Waals surface area contributed by atoms with Crippen LogP contribution in [-0.2, 0) is 4.74 Å². The number of likely N-dealkylation sites (tertiary alicyclic amines) is 1. The van der Waals surface area contributed by atoms with Crippen molar-refractivity contribution in [1.82, 2.24) is 20.4 Å². The van der Waals surface area contributed by atoms with Crippen molar-refractivity contribution in [3.8, 4) is 0 Å². The van der Waals surface area contributed by atoms with Crippen LogP contribution in [-0.4, -0.2) is 80.0 Å². The molecule has 2 aliphatic rings. The molecule has 38 heavy (non-hydrogen) atoms. The van der Waals surface area contributed by atoms with Crippen LogP contribution in [0.4, 0.5) is 22.8 Å². The van der Waals surface area contributed by atoms with Gasteiger partial charge in [0.15, 0.2) is 17.5 Å². The van der Waals surface area contributed by atoms with Gasteiger partial charge in [-0.15, -0.1) is 0 Å². The standard InChI is InChI=1S/C27H41F3N4O4/c1-31-16-21(13-18-7-4-3-5-8-18)32-26(35)34-10-6-9-19(17-34)25(38-12-11-33(2)27(36)37)20-14-22(28)24(30)23(29)15-20/h14-15,18-19,21,25,31H,3-13,16-17H2,1-2H3,(H,32,35)(H,36,37). The normalized spacial score (nSPS) is 20.1. The molecular weight excluding hydrogens is 501 g/mol. The van der Waals surface area contributed by atoms with Gasteiger partial charge in [-0.05, 0) is 49.9 Å². The van der Waals surface area contributed by atoms with Gasteiger partial charge in [0.1, 0.15) is 0 Å². The van der Waals surface area contributed by atoms with E-state index in [9.17, 15) is 22.8 Å². The van der Waals surface area contributed by atoms with E-state index in [0.29, 0.717) is 38.4 Å². The summed E-state index contributed by atoms with van der Waals surface area (Å²) in [4.78, 5) is 27.1. The Bertz CT molecular complexity index is 909. The fourth-order valence-electron chi connectivity index (χ4n) is 5.63. The Balaban J connectivity index is 1.70. The van der Waals surface area contributed by atoms with E-state index in [1.807, 2.05) is 7.05 Å². The van der Waals surface area contributed by atoms with Gasteiger partial charge in [-0.2, -0.15) is 0 Å². The zero-order valence-electron chi connectivity index (χ0n) is 22.4. The highest BCUT2D eigenvalue weighted by Crippen LogP contribution is 2.34. The SMILES string of the molecule is CNCC(CC1CCCCC1)NC(=O)N1CCCC(C(OCCN(C)C(=O)O)c2cc(F)c(F)c(F)c2)C1. The van der Waals surface area contributed by atoms with Crippen LogP contribution in [0.15, 0.2) is 12.1 Å². The summed E-state index contributed by atoms with van der Waals surface area (Å²) in [6.45, 7) is 1.51. The number of carboxylic acid groups (broad SMARTS) is 1. The molecule has 214 valence electrons. The molecule has 3 unspecified atom stereocenters. The first-order valence-corrected chi connectivity index (χ1v) is 13.6. The maximum Gasteiger partial charge on any atom is 0.407 e. The van der Waals surface area contributed by atoms with E-state index in [0.717, 1.165) is 23.5 Å². The minimum atomic E-state index is -1.56. The number of hydrogen-bond donors (Lipinski definition) is 3. The zero-order valence-corrected chi connectivity index (χ0v) is 22.4. The zero-order chi connectivity index (χ0) is 27.7. The van der Waals surface area contributed by atoms with Crippen molar-refractivity contribution < 1.29 is 32.6 Å². The number of ether oxygens (including phenoxy) is 1. The van der Waals surface area contributed by atoms with Crippen molar-refractivity contribution in [2.24, 2.45) is 11.8 Å². The van der Waals surface area contributed by atoms with Crippen molar-refractivity contribution in [3.63, 3.8) is 0 Å². The number of halogens is 3. The number of nitrogens with one attached hydrogen (secondary N) is 2. The molecule has 1 saturated carbocycles. The number of urea groups is 1.